The van der Waals surface area contributed by atoms with Gasteiger partial charge >= 0.3 is 0 Å². The molecule has 1 saturated heterocycles. The number of fused-ring (bicyclic) bond motifs is 3. The van der Waals surface area contributed by atoms with Gasteiger partial charge in [-0.25, -0.2) is 4.39 Å². The molecule has 0 atom stereocenters. The van der Waals surface area contributed by atoms with Crippen molar-refractivity contribution in [2.24, 2.45) is 0 Å². The number of amides is 2. The van der Waals surface area contributed by atoms with Gasteiger partial charge in [-0.05, 0) is 67.0 Å². The number of ether oxygens (including phenoxy) is 1. The summed E-state index contributed by atoms with van der Waals surface area (Å²) in [6.07, 6.45) is 6.11. The highest BCUT2D eigenvalue weighted by Gasteiger charge is 2.30. The summed E-state index contributed by atoms with van der Waals surface area (Å²) in [7, 11) is 1.63. The molecule has 2 aliphatic rings. The predicted molar refractivity (Wildman–Crippen MR) is 171 cm³/mol. The molecule has 1 fully saturated rings. The maximum atomic E-state index is 15.9. The minimum atomic E-state index is -0.812. The largest absolute Gasteiger partial charge is 0.451 e. The molecule has 1 N–H and O–H groups in total. The predicted octanol–water partition coefficient (Wildman–Crippen LogP) is 5.52. The Hall–Kier alpha value is -5.09. The zero-order valence-electron chi connectivity index (χ0n) is 24.9. The SMILES string of the molecule is CN(CCc1ccccn1)C(=O)c1cn2c3c(c(NC(=O)CCN4CCCC4)c(F)cc3c1=O)Oc1cc3ccccc3cc1-2. The number of carbonyl (C=O) groups excluding carboxylic acids is 2. The quantitative estimate of drug-likeness (QED) is 0.245. The summed E-state index contributed by atoms with van der Waals surface area (Å²) in [6, 6.07) is 18.1. The van der Waals surface area contributed by atoms with E-state index >= 15 is 4.39 Å². The molecule has 7 rings (SSSR count). The maximum Gasteiger partial charge on any atom is 0.259 e. The Bertz CT molecular complexity index is 2020. The molecule has 5 aromatic rings. The molecule has 2 amide bonds. The van der Waals surface area contributed by atoms with Crippen LogP contribution in [0.4, 0.5) is 10.1 Å². The van der Waals surface area contributed by atoms with E-state index in [2.05, 4.69) is 15.2 Å². The van der Waals surface area contributed by atoms with Crippen LogP contribution in [0.15, 0.2) is 77.9 Å². The first-order valence-electron chi connectivity index (χ1n) is 15.2. The molecule has 4 heterocycles. The van der Waals surface area contributed by atoms with Crippen LogP contribution in [-0.2, 0) is 11.2 Å². The molecule has 228 valence electrons. The Morgan fingerprint density at radius 1 is 1.04 bits per heavy atom. The fourth-order valence-electron chi connectivity index (χ4n) is 6.17. The number of rotatable bonds is 8. The van der Waals surface area contributed by atoms with Crippen LogP contribution in [0.2, 0.25) is 0 Å². The van der Waals surface area contributed by atoms with E-state index in [0.717, 1.165) is 48.5 Å². The summed E-state index contributed by atoms with van der Waals surface area (Å²) in [5.74, 6) is -1.21. The second-order valence-electron chi connectivity index (χ2n) is 11.6. The van der Waals surface area contributed by atoms with E-state index in [1.165, 1.54) is 11.1 Å². The van der Waals surface area contributed by atoms with E-state index in [1.54, 1.807) is 17.8 Å². The van der Waals surface area contributed by atoms with Crippen LogP contribution in [-0.4, -0.2) is 64.4 Å². The third-order valence-corrected chi connectivity index (χ3v) is 8.62. The van der Waals surface area contributed by atoms with Crippen molar-refractivity contribution in [2.75, 3.05) is 38.5 Å². The smallest absolute Gasteiger partial charge is 0.259 e. The van der Waals surface area contributed by atoms with E-state index < -0.39 is 17.2 Å². The molecule has 2 aromatic heterocycles. The molecule has 0 bridgehead atoms. The van der Waals surface area contributed by atoms with E-state index in [9.17, 15) is 14.4 Å². The number of aromatic nitrogens is 2. The number of benzene rings is 3. The van der Waals surface area contributed by atoms with Gasteiger partial charge in [-0.3, -0.25) is 19.4 Å². The number of likely N-dealkylation sites (tertiary alicyclic amines) is 1. The van der Waals surface area contributed by atoms with Gasteiger partial charge in [-0.15, -0.1) is 0 Å². The van der Waals surface area contributed by atoms with Gasteiger partial charge in [-0.1, -0.05) is 30.3 Å². The summed E-state index contributed by atoms with van der Waals surface area (Å²) < 4.78 is 23.9. The number of hydrogen-bond donors (Lipinski definition) is 1. The second kappa shape index (κ2) is 11.8. The van der Waals surface area contributed by atoms with Crippen LogP contribution < -0.4 is 15.5 Å². The van der Waals surface area contributed by atoms with E-state index in [1.807, 2.05) is 54.6 Å². The van der Waals surface area contributed by atoms with Gasteiger partial charge in [0.1, 0.15) is 16.8 Å². The molecule has 0 radical (unpaired) electrons. The topological polar surface area (TPSA) is 96.8 Å². The Morgan fingerprint density at radius 3 is 2.56 bits per heavy atom. The molecule has 3 aromatic carbocycles. The summed E-state index contributed by atoms with van der Waals surface area (Å²) in [6.45, 7) is 2.81. The lowest BCUT2D eigenvalue weighted by atomic mass is 10.0. The molecule has 10 heteroatoms. The molecule has 9 nitrogen and oxygen atoms in total. The second-order valence-corrected chi connectivity index (χ2v) is 11.6. The van der Waals surface area contributed by atoms with Crippen LogP contribution >= 0.6 is 0 Å². The lowest BCUT2D eigenvalue weighted by molar-refractivity contribution is -0.116. The van der Waals surface area contributed by atoms with Crippen molar-refractivity contribution in [3.05, 3.63) is 100 Å². The van der Waals surface area contributed by atoms with Gasteiger partial charge in [0.2, 0.25) is 11.3 Å². The van der Waals surface area contributed by atoms with Crippen LogP contribution in [0.5, 0.6) is 11.5 Å². The summed E-state index contributed by atoms with van der Waals surface area (Å²) >= 11 is 0. The maximum absolute atomic E-state index is 15.9. The third-order valence-electron chi connectivity index (χ3n) is 8.62. The standard InChI is InChI=1S/C35H32FN5O4/c1-39(16-11-24-10-4-5-13-37-24)35(44)26-21-41-28-18-22-8-2-3-9-23(22)19-29(28)45-34-31(27(36)20-25(32(34)41)33(26)43)38-30(42)12-17-40-14-6-7-15-40/h2-5,8-10,13,18-21H,6-7,11-12,14-17H2,1H3,(H,38,42). The fraction of sp³-hybridized carbons (Fsp3) is 0.257. The van der Waals surface area contributed by atoms with E-state index in [4.69, 9.17) is 4.74 Å². The summed E-state index contributed by atoms with van der Waals surface area (Å²) in [5.41, 5.74) is 0.853. The normalized spacial score (nSPS) is 13.9. The molecule has 0 aliphatic carbocycles. The van der Waals surface area contributed by atoms with Crippen LogP contribution in [0.25, 0.3) is 27.4 Å². The van der Waals surface area contributed by atoms with Crippen molar-refractivity contribution < 1.29 is 18.7 Å². The molecule has 45 heavy (non-hydrogen) atoms. The molecular formula is C35H32FN5O4. The molecule has 0 saturated carbocycles. The Kier molecular flexibility index (Phi) is 7.50. The van der Waals surface area contributed by atoms with E-state index in [0.29, 0.717) is 30.9 Å². The Morgan fingerprint density at radius 2 is 1.80 bits per heavy atom. The minimum Gasteiger partial charge on any atom is -0.451 e. The average Bonchev–Trinajstić information content (AvgIpc) is 3.58. The van der Waals surface area contributed by atoms with Gasteiger partial charge in [0.15, 0.2) is 17.3 Å². The summed E-state index contributed by atoms with van der Waals surface area (Å²) in [4.78, 5) is 48.6. The van der Waals surface area contributed by atoms with Crippen molar-refractivity contribution in [1.29, 1.82) is 0 Å². The monoisotopic (exact) mass is 605 g/mol. The van der Waals surface area contributed by atoms with Crippen molar-refractivity contribution in [3.63, 3.8) is 0 Å². The van der Waals surface area contributed by atoms with Crippen LogP contribution in [0, 0.1) is 5.82 Å². The van der Waals surface area contributed by atoms with Crippen LogP contribution in [0.3, 0.4) is 0 Å². The first kappa shape index (κ1) is 28.7. The molecule has 2 aliphatic heterocycles. The average molecular weight is 606 g/mol. The zero-order valence-corrected chi connectivity index (χ0v) is 24.9. The van der Waals surface area contributed by atoms with Crippen LogP contribution in [0.1, 0.15) is 35.3 Å². The number of carbonyl (C=O) groups is 2. The number of hydrogen-bond acceptors (Lipinski definition) is 6. The highest BCUT2D eigenvalue weighted by atomic mass is 19.1. The highest BCUT2D eigenvalue weighted by Crippen LogP contribution is 2.46. The van der Waals surface area contributed by atoms with Crippen molar-refractivity contribution in [1.82, 2.24) is 19.4 Å². The molecule has 0 spiro atoms. The zero-order chi connectivity index (χ0) is 31.1. The lowest BCUT2D eigenvalue weighted by Gasteiger charge is -2.27. The van der Waals surface area contributed by atoms with Crippen molar-refractivity contribution >= 4 is 39.2 Å². The number of halogens is 1. The third kappa shape index (κ3) is 5.42. The van der Waals surface area contributed by atoms with Gasteiger partial charge in [-0.2, -0.15) is 0 Å². The number of pyridine rings is 2. The van der Waals surface area contributed by atoms with Crippen molar-refractivity contribution in [2.45, 2.75) is 25.7 Å². The first-order chi connectivity index (χ1) is 21.9. The molecule has 0 unspecified atom stereocenters. The number of anilines is 1. The number of nitrogens with zero attached hydrogens (tertiary/aromatic N) is 4. The number of likely N-dealkylation sites (N-methyl/N-ethyl adjacent to an activating group) is 1. The molecular weight excluding hydrogens is 573 g/mol. The fourth-order valence-corrected chi connectivity index (χ4v) is 6.17. The number of nitrogens with one attached hydrogen (secondary N) is 1. The van der Waals surface area contributed by atoms with Gasteiger partial charge in [0.25, 0.3) is 5.91 Å². The van der Waals surface area contributed by atoms with Crippen molar-refractivity contribution in [3.8, 4) is 17.2 Å². The van der Waals surface area contributed by atoms with E-state index in [-0.39, 0.29) is 40.2 Å². The van der Waals surface area contributed by atoms with Gasteiger partial charge < -0.3 is 24.4 Å². The van der Waals surface area contributed by atoms with Gasteiger partial charge in [0, 0.05) is 51.1 Å². The Balaban J connectivity index is 1.32. The lowest BCUT2D eigenvalue weighted by Crippen LogP contribution is -2.33. The first-order valence-corrected chi connectivity index (χ1v) is 15.2. The highest BCUT2D eigenvalue weighted by molar-refractivity contribution is 6.04. The minimum absolute atomic E-state index is 0.0136. The summed E-state index contributed by atoms with van der Waals surface area (Å²) in [5, 5.41) is 4.53. The Labute approximate surface area is 258 Å². The van der Waals surface area contributed by atoms with Gasteiger partial charge in [0.05, 0.1) is 11.1 Å².